The Bertz CT molecular complexity index is 642. The Hall–Kier alpha value is -2.88. The first-order chi connectivity index (χ1) is 9.58. The third-order valence-corrected chi connectivity index (χ3v) is 2.50. The maximum absolute atomic E-state index is 11.9. The lowest BCUT2D eigenvalue weighted by molar-refractivity contribution is -0.122. The predicted molar refractivity (Wildman–Crippen MR) is 71.0 cm³/mol. The molecule has 0 saturated carbocycles. The normalized spacial score (nSPS) is 11.4. The van der Waals surface area contributed by atoms with E-state index in [4.69, 9.17) is 10.00 Å². The van der Waals surface area contributed by atoms with Crippen molar-refractivity contribution in [3.05, 3.63) is 35.7 Å². The molecule has 0 aliphatic carbocycles. The Kier molecular flexibility index (Phi) is 3.96. The van der Waals surface area contributed by atoms with Gasteiger partial charge in [0.05, 0.1) is 11.6 Å². The second-order valence-electron chi connectivity index (χ2n) is 4.13. The minimum absolute atomic E-state index is 0.211. The number of nitriles is 1. The van der Waals surface area contributed by atoms with Crippen molar-refractivity contribution in [2.75, 3.05) is 5.32 Å². The van der Waals surface area contributed by atoms with E-state index in [0.29, 0.717) is 17.1 Å². The van der Waals surface area contributed by atoms with Gasteiger partial charge in [0.15, 0.2) is 6.10 Å². The Labute approximate surface area is 115 Å². The first kappa shape index (κ1) is 13.5. The molecule has 1 atom stereocenters. The van der Waals surface area contributed by atoms with Gasteiger partial charge in [-0.3, -0.25) is 15.2 Å². The average Bonchev–Trinajstić information content (AvgIpc) is 2.85. The summed E-state index contributed by atoms with van der Waals surface area (Å²) in [5.41, 5.74) is 0.533. The van der Waals surface area contributed by atoms with E-state index in [1.165, 1.54) is 0 Å². The van der Waals surface area contributed by atoms with Crippen molar-refractivity contribution in [2.45, 2.75) is 20.0 Å². The topological polar surface area (TPSA) is 104 Å². The van der Waals surface area contributed by atoms with E-state index in [1.54, 1.807) is 38.1 Å². The van der Waals surface area contributed by atoms with Gasteiger partial charge >= 0.3 is 0 Å². The quantitative estimate of drug-likeness (QED) is 0.874. The van der Waals surface area contributed by atoms with Crippen molar-refractivity contribution >= 4 is 11.9 Å². The third kappa shape index (κ3) is 3.32. The molecule has 0 spiro atoms. The summed E-state index contributed by atoms with van der Waals surface area (Å²) < 4.78 is 5.47. The van der Waals surface area contributed by atoms with E-state index in [1.807, 2.05) is 6.07 Å². The Balaban J connectivity index is 1.95. The second kappa shape index (κ2) is 5.84. The fraction of sp³-hybridized carbons (Fsp3) is 0.231. The number of carbonyl (C=O) groups is 1. The summed E-state index contributed by atoms with van der Waals surface area (Å²) in [6.45, 7) is 3.35. The van der Waals surface area contributed by atoms with Crippen LogP contribution in [0.15, 0.2) is 24.3 Å². The monoisotopic (exact) mass is 271 g/mol. The van der Waals surface area contributed by atoms with Gasteiger partial charge in [-0.25, -0.2) is 0 Å². The van der Waals surface area contributed by atoms with Crippen LogP contribution in [0.25, 0.3) is 0 Å². The fourth-order valence-corrected chi connectivity index (χ4v) is 1.48. The first-order valence-electron chi connectivity index (χ1n) is 5.95. The van der Waals surface area contributed by atoms with E-state index < -0.39 is 6.10 Å². The Morgan fingerprint density at radius 3 is 2.70 bits per heavy atom. The Morgan fingerprint density at radius 1 is 1.45 bits per heavy atom. The number of rotatable bonds is 4. The standard InChI is InChI=1S/C13H13N5O2/c1-8(12(19)16-13-15-9(2)17-18-13)20-11-5-3-10(7-14)4-6-11/h3-6,8H,1-2H3,(H2,15,16,17,18,19). The molecule has 2 rings (SSSR count). The zero-order valence-electron chi connectivity index (χ0n) is 11.0. The molecule has 2 N–H and O–H groups in total. The molecule has 7 nitrogen and oxygen atoms in total. The number of aromatic amines is 1. The number of anilines is 1. The maximum atomic E-state index is 11.9. The number of nitrogens with zero attached hydrogens (tertiary/aromatic N) is 3. The van der Waals surface area contributed by atoms with Crippen molar-refractivity contribution in [1.29, 1.82) is 5.26 Å². The highest BCUT2D eigenvalue weighted by Gasteiger charge is 2.16. The number of carbonyl (C=O) groups excluding carboxylic acids is 1. The molecule has 0 aliphatic rings. The van der Waals surface area contributed by atoms with Gasteiger partial charge < -0.3 is 4.74 Å². The van der Waals surface area contributed by atoms with Crippen LogP contribution in [0, 0.1) is 18.3 Å². The molecule has 1 unspecified atom stereocenters. The minimum Gasteiger partial charge on any atom is -0.481 e. The summed E-state index contributed by atoms with van der Waals surface area (Å²) in [6.07, 6.45) is -0.707. The number of hydrogen-bond donors (Lipinski definition) is 2. The molecule has 20 heavy (non-hydrogen) atoms. The molecule has 0 bridgehead atoms. The van der Waals surface area contributed by atoms with Crippen LogP contribution in [-0.2, 0) is 4.79 Å². The second-order valence-corrected chi connectivity index (χ2v) is 4.13. The van der Waals surface area contributed by atoms with Crippen LogP contribution in [-0.4, -0.2) is 27.2 Å². The van der Waals surface area contributed by atoms with Gasteiger partial charge in [-0.2, -0.15) is 10.2 Å². The average molecular weight is 271 g/mol. The van der Waals surface area contributed by atoms with Crippen LogP contribution >= 0.6 is 0 Å². The maximum Gasteiger partial charge on any atom is 0.267 e. The van der Waals surface area contributed by atoms with Crippen LogP contribution in [0.2, 0.25) is 0 Å². The largest absolute Gasteiger partial charge is 0.481 e. The summed E-state index contributed by atoms with van der Waals surface area (Å²) >= 11 is 0. The van der Waals surface area contributed by atoms with Gasteiger partial charge in [0.1, 0.15) is 11.6 Å². The van der Waals surface area contributed by atoms with Gasteiger partial charge in [-0.1, -0.05) is 0 Å². The predicted octanol–water partition coefficient (Wildman–Crippen LogP) is 1.39. The zero-order valence-corrected chi connectivity index (χ0v) is 11.0. The molecule has 0 radical (unpaired) electrons. The van der Waals surface area contributed by atoms with Crippen LogP contribution in [0.3, 0.4) is 0 Å². The summed E-state index contributed by atoms with van der Waals surface area (Å²) in [5.74, 6) is 0.981. The summed E-state index contributed by atoms with van der Waals surface area (Å²) in [6, 6.07) is 8.53. The molecule has 7 heteroatoms. The number of aryl methyl sites for hydroxylation is 1. The summed E-state index contributed by atoms with van der Waals surface area (Å²) in [7, 11) is 0. The van der Waals surface area contributed by atoms with E-state index in [-0.39, 0.29) is 11.9 Å². The van der Waals surface area contributed by atoms with Crippen LogP contribution in [0.5, 0.6) is 5.75 Å². The number of ether oxygens (including phenoxy) is 1. The van der Waals surface area contributed by atoms with Crippen LogP contribution in [0.4, 0.5) is 5.95 Å². The number of benzene rings is 1. The Morgan fingerprint density at radius 2 is 2.15 bits per heavy atom. The van der Waals surface area contributed by atoms with Gasteiger partial charge in [-0.05, 0) is 38.1 Å². The van der Waals surface area contributed by atoms with E-state index in [0.717, 1.165) is 0 Å². The molecule has 1 amide bonds. The highest BCUT2D eigenvalue weighted by molar-refractivity contribution is 5.92. The molecule has 102 valence electrons. The third-order valence-electron chi connectivity index (χ3n) is 2.50. The molecule has 0 fully saturated rings. The van der Waals surface area contributed by atoms with Crippen molar-refractivity contribution in [2.24, 2.45) is 0 Å². The van der Waals surface area contributed by atoms with Crippen molar-refractivity contribution in [1.82, 2.24) is 15.2 Å². The smallest absolute Gasteiger partial charge is 0.267 e. The SMILES string of the molecule is Cc1nc(NC(=O)C(C)Oc2ccc(C#N)cc2)n[nH]1. The summed E-state index contributed by atoms with van der Waals surface area (Å²) in [4.78, 5) is 15.8. The molecule has 0 aliphatic heterocycles. The van der Waals surface area contributed by atoms with Gasteiger partial charge in [0, 0.05) is 0 Å². The molecule has 0 saturated heterocycles. The highest BCUT2D eigenvalue weighted by Crippen LogP contribution is 2.14. The number of H-pyrrole nitrogens is 1. The number of amides is 1. The number of aromatic nitrogens is 3. The fourth-order valence-electron chi connectivity index (χ4n) is 1.48. The lowest BCUT2D eigenvalue weighted by Crippen LogP contribution is -2.30. The van der Waals surface area contributed by atoms with Crippen LogP contribution < -0.4 is 10.1 Å². The first-order valence-corrected chi connectivity index (χ1v) is 5.95. The molecule has 1 heterocycles. The lowest BCUT2D eigenvalue weighted by Gasteiger charge is -2.13. The molecular weight excluding hydrogens is 258 g/mol. The van der Waals surface area contributed by atoms with E-state index in [9.17, 15) is 4.79 Å². The van der Waals surface area contributed by atoms with Gasteiger partial charge in [0.25, 0.3) is 5.91 Å². The van der Waals surface area contributed by atoms with Gasteiger partial charge in [-0.15, -0.1) is 5.10 Å². The van der Waals surface area contributed by atoms with Crippen molar-refractivity contribution in [3.8, 4) is 11.8 Å². The highest BCUT2D eigenvalue weighted by atomic mass is 16.5. The van der Waals surface area contributed by atoms with Gasteiger partial charge in [0.2, 0.25) is 5.95 Å². The van der Waals surface area contributed by atoms with E-state index in [2.05, 4.69) is 20.5 Å². The van der Waals surface area contributed by atoms with Crippen molar-refractivity contribution < 1.29 is 9.53 Å². The zero-order chi connectivity index (χ0) is 14.5. The van der Waals surface area contributed by atoms with E-state index >= 15 is 0 Å². The minimum atomic E-state index is -0.707. The molecule has 1 aromatic heterocycles. The van der Waals surface area contributed by atoms with Crippen molar-refractivity contribution in [3.63, 3.8) is 0 Å². The molecular formula is C13H13N5O2. The number of hydrogen-bond acceptors (Lipinski definition) is 5. The lowest BCUT2D eigenvalue weighted by atomic mass is 10.2. The number of nitrogens with one attached hydrogen (secondary N) is 2. The molecule has 2 aromatic rings. The van der Waals surface area contributed by atoms with Crippen LogP contribution in [0.1, 0.15) is 18.3 Å². The summed E-state index contributed by atoms with van der Waals surface area (Å²) in [5, 5.41) is 17.7. The molecule has 1 aromatic carbocycles.